The molecule has 5 nitrogen and oxygen atoms in total. The Bertz CT molecular complexity index is 575. The molecule has 0 aliphatic heterocycles. The third-order valence-corrected chi connectivity index (χ3v) is 2.63. The van der Waals surface area contributed by atoms with Gasteiger partial charge in [-0.05, 0) is 31.2 Å². The van der Waals surface area contributed by atoms with Crippen molar-refractivity contribution in [2.45, 2.75) is 13.5 Å². The summed E-state index contributed by atoms with van der Waals surface area (Å²) >= 11 is 0. The summed E-state index contributed by atoms with van der Waals surface area (Å²) in [4.78, 5) is 10.9. The molecule has 1 heterocycles. The minimum Gasteiger partial charge on any atom is -0.496 e. The molecule has 1 aromatic heterocycles. The predicted octanol–water partition coefficient (Wildman–Crippen LogP) is 1.95. The van der Waals surface area contributed by atoms with E-state index < -0.39 is 5.97 Å². The van der Waals surface area contributed by atoms with Gasteiger partial charge < -0.3 is 9.84 Å². The number of carboxylic acids is 1. The molecule has 0 spiro atoms. The van der Waals surface area contributed by atoms with Gasteiger partial charge in [-0.1, -0.05) is 0 Å². The van der Waals surface area contributed by atoms with Crippen LogP contribution in [0.5, 0.6) is 5.75 Å². The molecule has 94 valence electrons. The maximum absolute atomic E-state index is 10.9. The Hall–Kier alpha value is -2.30. The lowest BCUT2D eigenvalue weighted by atomic mass is 10.1. The molecule has 0 radical (unpaired) electrons. The zero-order valence-corrected chi connectivity index (χ0v) is 10.3. The largest absolute Gasteiger partial charge is 0.496 e. The number of aryl methyl sites for hydroxylation is 1. The van der Waals surface area contributed by atoms with E-state index in [1.807, 2.05) is 19.2 Å². The van der Waals surface area contributed by atoms with Gasteiger partial charge in [0, 0.05) is 11.8 Å². The van der Waals surface area contributed by atoms with E-state index in [9.17, 15) is 4.79 Å². The van der Waals surface area contributed by atoms with Gasteiger partial charge in [0.15, 0.2) is 0 Å². The first kappa shape index (κ1) is 12.2. The standard InChI is InChI=1S/C13H14N2O3/c1-9-5-6-15(14-9)8-11-7-10(13(16)17)3-4-12(11)18-2/h3-7H,8H2,1-2H3,(H,16,17). The summed E-state index contributed by atoms with van der Waals surface area (Å²) in [5.41, 5.74) is 1.96. The van der Waals surface area contributed by atoms with Crippen LogP contribution in [0.25, 0.3) is 0 Å². The van der Waals surface area contributed by atoms with Crippen molar-refractivity contribution in [1.29, 1.82) is 0 Å². The van der Waals surface area contributed by atoms with Crippen LogP contribution < -0.4 is 4.74 Å². The summed E-state index contributed by atoms with van der Waals surface area (Å²) in [5, 5.41) is 13.2. The maximum Gasteiger partial charge on any atom is 0.335 e. The van der Waals surface area contributed by atoms with Crippen LogP contribution in [0.4, 0.5) is 0 Å². The number of aromatic nitrogens is 2. The fraction of sp³-hybridized carbons (Fsp3) is 0.231. The smallest absolute Gasteiger partial charge is 0.335 e. The van der Waals surface area contributed by atoms with Crippen molar-refractivity contribution in [2.75, 3.05) is 7.11 Å². The van der Waals surface area contributed by atoms with E-state index in [2.05, 4.69) is 5.10 Å². The molecule has 0 fully saturated rings. The van der Waals surface area contributed by atoms with Gasteiger partial charge in [0.2, 0.25) is 0 Å². The first-order valence-corrected chi connectivity index (χ1v) is 5.50. The quantitative estimate of drug-likeness (QED) is 0.895. The van der Waals surface area contributed by atoms with Crippen molar-refractivity contribution in [3.8, 4) is 5.75 Å². The molecule has 0 saturated heterocycles. The molecule has 0 aliphatic rings. The molecule has 1 aromatic carbocycles. The molecule has 2 rings (SSSR count). The molecule has 18 heavy (non-hydrogen) atoms. The topological polar surface area (TPSA) is 64.3 Å². The highest BCUT2D eigenvalue weighted by molar-refractivity contribution is 5.88. The average molecular weight is 246 g/mol. The predicted molar refractivity (Wildman–Crippen MR) is 66.0 cm³/mol. The number of hydrogen-bond donors (Lipinski definition) is 1. The summed E-state index contributed by atoms with van der Waals surface area (Å²) < 4.78 is 6.97. The van der Waals surface area contributed by atoms with Gasteiger partial charge in [-0.25, -0.2) is 4.79 Å². The summed E-state index contributed by atoms with van der Waals surface area (Å²) in [7, 11) is 1.56. The molecular formula is C13H14N2O3. The molecule has 0 aliphatic carbocycles. The molecule has 0 saturated carbocycles. The van der Waals surface area contributed by atoms with Crippen LogP contribution in [-0.2, 0) is 6.54 Å². The number of rotatable bonds is 4. The number of hydrogen-bond acceptors (Lipinski definition) is 3. The highest BCUT2D eigenvalue weighted by Gasteiger charge is 2.09. The third-order valence-electron chi connectivity index (χ3n) is 2.63. The van der Waals surface area contributed by atoms with Gasteiger partial charge >= 0.3 is 5.97 Å². The van der Waals surface area contributed by atoms with E-state index in [1.165, 1.54) is 6.07 Å². The van der Waals surface area contributed by atoms with Gasteiger partial charge in [0.25, 0.3) is 0 Å². The zero-order valence-electron chi connectivity index (χ0n) is 10.3. The molecule has 1 N–H and O–H groups in total. The van der Waals surface area contributed by atoms with Crippen LogP contribution in [0.3, 0.4) is 0 Å². The van der Waals surface area contributed by atoms with Crippen molar-refractivity contribution < 1.29 is 14.6 Å². The fourth-order valence-electron chi connectivity index (χ4n) is 1.76. The van der Waals surface area contributed by atoms with Crippen molar-refractivity contribution in [2.24, 2.45) is 0 Å². The molecule has 0 atom stereocenters. The molecular weight excluding hydrogens is 232 g/mol. The Kier molecular flexibility index (Phi) is 3.32. The lowest BCUT2D eigenvalue weighted by Gasteiger charge is -2.09. The molecule has 0 bridgehead atoms. The van der Waals surface area contributed by atoms with Crippen molar-refractivity contribution in [3.05, 3.63) is 47.3 Å². The monoisotopic (exact) mass is 246 g/mol. The Morgan fingerprint density at radius 2 is 2.22 bits per heavy atom. The van der Waals surface area contributed by atoms with E-state index in [-0.39, 0.29) is 5.56 Å². The van der Waals surface area contributed by atoms with Crippen LogP contribution in [-0.4, -0.2) is 28.0 Å². The second kappa shape index (κ2) is 4.91. The molecule has 5 heteroatoms. The lowest BCUT2D eigenvalue weighted by molar-refractivity contribution is 0.0696. The molecule has 0 amide bonds. The number of ether oxygens (including phenoxy) is 1. The number of aromatic carboxylic acids is 1. The van der Waals surface area contributed by atoms with Crippen LogP contribution in [0.2, 0.25) is 0 Å². The fourth-order valence-corrected chi connectivity index (χ4v) is 1.76. The number of methoxy groups -OCH3 is 1. The highest BCUT2D eigenvalue weighted by Crippen LogP contribution is 2.21. The van der Waals surface area contributed by atoms with E-state index in [0.29, 0.717) is 12.3 Å². The van der Waals surface area contributed by atoms with Gasteiger partial charge in [0.05, 0.1) is 24.9 Å². The number of carbonyl (C=O) groups is 1. The van der Waals surface area contributed by atoms with Crippen LogP contribution in [0, 0.1) is 6.92 Å². The Balaban J connectivity index is 2.35. The Morgan fingerprint density at radius 3 is 2.78 bits per heavy atom. The highest BCUT2D eigenvalue weighted by atomic mass is 16.5. The third kappa shape index (κ3) is 2.51. The van der Waals surface area contributed by atoms with Gasteiger partial charge in [-0.3, -0.25) is 4.68 Å². The zero-order chi connectivity index (χ0) is 13.1. The van der Waals surface area contributed by atoms with E-state index in [4.69, 9.17) is 9.84 Å². The van der Waals surface area contributed by atoms with E-state index in [1.54, 1.807) is 23.9 Å². The minimum absolute atomic E-state index is 0.245. The Morgan fingerprint density at radius 1 is 1.44 bits per heavy atom. The first-order chi connectivity index (χ1) is 8.60. The summed E-state index contributed by atoms with van der Waals surface area (Å²) in [6.45, 7) is 2.39. The molecule has 2 aromatic rings. The van der Waals surface area contributed by atoms with Crippen molar-refractivity contribution in [1.82, 2.24) is 9.78 Å². The number of nitrogens with zero attached hydrogens (tertiary/aromatic N) is 2. The lowest BCUT2D eigenvalue weighted by Crippen LogP contribution is -2.05. The SMILES string of the molecule is COc1ccc(C(=O)O)cc1Cn1ccc(C)n1. The summed E-state index contributed by atoms with van der Waals surface area (Å²) in [5.74, 6) is -0.288. The van der Waals surface area contributed by atoms with Gasteiger partial charge in [-0.15, -0.1) is 0 Å². The van der Waals surface area contributed by atoms with Gasteiger partial charge in [0.1, 0.15) is 5.75 Å². The second-order valence-corrected chi connectivity index (χ2v) is 3.99. The maximum atomic E-state index is 10.9. The van der Waals surface area contributed by atoms with Crippen LogP contribution in [0.15, 0.2) is 30.5 Å². The van der Waals surface area contributed by atoms with Gasteiger partial charge in [-0.2, -0.15) is 5.10 Å². The summed E-state index contributed by atoms with van der Waals surface area (Å²) in [6, 6.07) is 6.69. The number of carboxylic acid groups (broad SMARTS) is 1. The normalized spacial score (nSPS) is 10.3. The van der Waals surface area contributed by atoms with E-state index in [0.717, 1.165) is 11.3 Å². The van der Waals surface area contributed by atoms with E-state index >= 15 is 0 Å². The van der Waals surface area contributed by atoms with Crippen molar-refractivity contribution >= 4 is 5.97 Å². The average Bonchev–Trinajstić information content (AvgIpc) is 2.74. The second-order valence-electron chi connectivity index (χ2n) is 3.99. The first-order valence-electron chi connectivity index (χ1n) is 5.50. The summed E-state index contributed by atoms with van der Waals surface area (Å²) in [6.07, 6.45) is 1.85. The van der Waals surface area contributed by atoms with Crippen molar-refractivity contribution in [3.63, 3.8) is 0 Å². The van der Waals surface area contributed by atoms with Crippen LogP contribution in [0.1, 0.15) is 21.6 Å². The number of benzene rings is 1. The Labute approximate surface area is 105 Å². The minimum atomic E-state index is -0.949. The van der Waals surface area contributed by atoms with Crippen LogP contribution >= 0.6 is 0 Å². The molecule has 0 unspecified atom stereocenters.